The van der Waals surface area contributed by atoms with E-state index in [1.54, 1.807) is 52.7 Å². The third-order valence-electron chi connectivity index (χ3n) is 6.54. The summed E-state index contributed by atoms with van der Waals surface area (Å²) in [4.78, 5) is 12.9. The first-order valence-electron chi connectivity index (χ1n) is 11.9. The quantitative estimate of drug-likeness (QED) is 0.303. The van der Waals surface area contributed by atoms with Crippen LogP contribution in [-0.2, 0) is 26.8 Å². The molecule has 0 saturated heterocycles. The molecule has 5 aromatic rings. The molecule has 0 saturated carbocycles. The number of halogens is 4. The Balaban J connectivity index is 1.53. The van der Waals surface area contributed by atoms with Gasteiger partial charge in [0.1, 0.15) is 17.2 Å². The van der Waals surface area contributed by atoms with Crippen LogP contribution in [0.5, 0.6) is 0 Å². The Labute approximate surface area is 215 Å². The Morgan fingerprint density at radius 2 is 1.71 bits per heavy atom. The van der Waals surface area contributed by atoms with E-state index in [0.717, 1.165) is 17.3 Å². The van der Waals surface area contributed by atoms with E-state index in [1.165, 1.54) is 23.7 Å². The maximum Gasteiger partial charge on any atom is 0.434 e. The largest absolute Gasteiger partial charge is 0.434 e. The topological polar surface area (TPSA) is 77.3 Å². The molecule has 0 bridgehead atoms. The van der Waals surface area contributed by atoms with Gasteiger partial charge in [0, 0.05) is 31.4 Å². The fourth-order valence-electron chi connectivity index (χ4n) is 4.52. The molecule has 0 aliphatic carbocycles. The van der Waals surface area contributed by atoms with Crippen molar-refractivity contribution in [3.63, 3.8) is 0 Å². The molecule has 3 heterocycles. The van der Waals surface area contributed by atoms with E-state index in [4.69, 9.17) is 10.4 Å². The predicted octanol–water partition coefficient (Wildman–Crippen LogP) is 5.65. The Bertz CT molecular complexity index is 1710. The molecule has 2 aromatic carbocycles. The van der Waals surface area contributed by atoms with E-state index >= 15 is 0 Å². The van der Waals surface area contributed by atoms with Crippen LogP contribution >= 0.6 is 0 Å². The minimum atomic E-state index is -4.52. The number of aromatic nitrogens is 6. The van der Waals surface area contributed by atoms with E-state index in [2.05, 4.69) is 9.97 Å². The standard InChI is InChI=1S/C27H25F4N7/c1-15(2)19-10-9-18(28)11-20(19)23-33-12-21-25(35-23)38(26(32)37(21)4)13-16-5-7-17(8-6-16)24-34-22(14-36(24)3)27(29,30)31/h5-12,14-15,32H,13H2,1-4H3. The SMILES string of the molecule is CC(C)c1ccc(F)cc1-c1ncc2c(n1)n(Cc1ccc(-c3nc(C(F)(F)F)cn3C)cc1)c(=N)n2C. The summed E-state index contributed by atoms with van der Waals surface area (Å²) < 4.78 is 58.0. The summed E-state index contributed by atoms with van der Waals surface area (Å²) in [6.07, 6.45) is -1.93. The summed E-state index contributed by atoms with van der Waals surface area (Å²) in [6, 6.07) is 11.6. The number of nitrogens with zero attached hydrogens (tertiary/aromatic N) is 6. The number of alkyl halides is 3. The Hall–Kier alpha value is -4.28. The second kappa shape index (κ2) is 9.23. The lowest BCUT2D eigenvalue weighted by atomic mass is 9.96. The van der Waals surface area contributed by atoms with Crippen molar-refractivity contribution in [3.05, 3.63) is 83.1 Å². The second-order valence-corrected chi connectivity index (χ2v) is 9.51. The monoisotopic (exact) mass is 523 g/mol. The van der Waals surface area contributed by atoms with Crippen LogP contribution in [0.25, 0.3) is 33.9 Å². The first kappa shape index (κ1) is 25.4. The minimum absolute atomic E-state index is 0.129. The fourth-order valence-corrected chi connectivity index (χ4v) is 4.52. The molecule has 196 valence electrons. The van der Waals surface area contributed by atoms with Crippen LogP contribution in [0, 0.1) is 11.2 Å². The molecule has 0 aliphatic rings. The Morgan fingerprint density at radius 3 is 2.34 bits per heavy atom. The van der Waals surface area contributed by atoms with Crippen LogP contribution in [0.4, 0.5) is 17.6 Å². The molecule has 7 nitrogen and oxygen atoms in total. The first-order chi connectivity index (χ1) is 17.9. The number of benzene rings is 2. The molecule has 11 heteroatoms. The van der Waals surface area contributed by atoms with Crippen LogP contribution in [0.1, 0.15) is 36.6 Å². The van der Waals surface area contributed by atoms with Crippen molar-refractivity contribution in [2.24, 2.45) is 14.1 Å². The number of hydrogen-bond donors (Lipinski definition) is 1. The molecule has 0 radical (unpaired) electrons. The van der Waals surface area contributed by atoms with Crippen LogP contribution in [-0.4, -0.2) is 28.7 Å². The van der Waals surface area contributed by atoms with Crippen molar-refractivity contribution >= 4 is 11.2 Å². The second-order valence-electron chi connectivity index (χ2n) is 9.51. The smallest absolute Gasteiger partial charge is 0.333 e. The van der Waals surface area contributed by atoms with Gasteiger partial charge in [0.15, 0.2) is 17.2 Å². The average Bonchev–Trinajstić information content (AvgIpc) is 3.37. The van der Waals surface area contributed by atoms with Crippen LogP contribution < -0.4 is 5.62 Å². The van der Waals surface area contributed by atoms with Crippen LogP contribution in [0.15, 0.2) is 54.9 Å². The maximum atomic E-state index is 14.1. The van der Waals surface area contributed by atoms with Crippen molar-refractivity contribution in [2.75, 3.05) is 0 Å². The molecule has 0 spiro atoms. The van der Waals surface area contributed by atoms with E-state index in [9.17, 15) is 17.6 Å². The normalized spacial score (nSPS) is 12.1. The summed E-state index contributed by atoms with van der Waals surface area (Å²) in [5.74, 6) is 0.316. The number of aryl methyl sites for hydroxylation is 2. The summed E-state index contributed by atoms with van der Waals surface area (Å²) in [7, 11) is 3.26. The lowest BCUT2D eigenvalue weighted by Gasteiger charge is -2.12. The summed E-state index contributed by atoms with van der Waals surface area (Å²) in [6.45, 7) is 4.32. The van der Waals surface area contributed by atoms with E-state index < -0.39 is 11.9 Å². The molecular weight excluding hydrogens is 498 g/mol. The summed E-state index contributed by atoms with van der Waals surface area (Å²) in [5, 5.41) is 8.64. The van der Waals surface area contributed by atoms with E-state index in [-0.39, 0.29) is 23.2 Å². The molecule has 0 aliphatic heterocycles. The highest BCUT2D eigenvalue weighted by molar-refractivity contribution is 5.74. The average molecular weight is 524 g/mol. The zero-order valence-corrected chi connectivity index (χ0v) is 21.2. The maximum absolute atomic E-state index is 14.1. The summed E-state index contributed by atoms with van der Waals surface area (Å²) >= 11 is 0. The van der Waals surface area contributed by atoms with Gasteiger partial charge in [0.2, 0.25) is 5.62 Å². The highest BCUT2D eigenvalue weighted by Gasteiger charge is 2.34. The van der Waals surface area contributed by atoms with E-state index in [0.29, 0.717) is 34.7 Å². The van der Waals surface area contributed by atoms with E-state index in [1.807, 2.05) is 13.8 Å². The van der Waals surface area contributed by atoms with Gasteiger partial charge in [-0.1, -0.05) is 44.2 Å². The first-order valence-corrected chi connectivity index (χ1v) is 11.9. The van der Waals surface area contributed by atoms with Gasteiger partial charge in [-0.05, 0) is 29.2 Å². The minimum Gasteiger partial charge on any atom is -0.333 e. The number of fused-ring (bicyclic) bond motifs is 1. The third-order valence-corrected chi connectivity index (χ3v) is 6.54. The number of rotatable bonds is 5. The molecule has 0 amide bonds. The van der Waals surface area contributed by atoms with Gasteiger partial charge in [0.05, 0.1) is 12.7 Å². The Morgan fingerprint density at radius 1 is 1.00 bits per heavy atom. The van der Waals surface area contributed by atoms with Gasteiger partial charge in [-0.3, -0.25) is 9.98 Å². The number of imidazole rings is 2. The molecule has 38 heavy (non-hydrogen) atoms. The van der Waals surface area contributed by atoms with Crippen LogP contribution in [0.3, 0.4) is 0 Å². The molecule has 0 fully saturated rings. The van der Waals surface area contributed by atoms with Crippen molar-refractivity contribution < 1.29 is 17.6 Å². The van der Waals surface area contributed by atoms with Crippen molar-refractivity contribution in [1.29, 1.82) is 5.41 Å². The number of nitrogens with one attached hydrogen (secondary N) is 1. The molecule has 5 rings (SSSR count). The van der Waals surface area contributed by atoms with Gasteiger partial charge in [-0.15, -0.1) is 0 Å². The van der Waals surface area contributed by atoms with Gasteiger partial charge >= 0.3 is 6.18 Å². The van der Waals surface area contributed by atoms with Crippen molar-refractivity contribution in [1.82, 2.24) is 28.7 Å². The molecule has 3 aromatic heterocycles. The van der Waals surface area contributed by atoms with Crippen molar-refractivity contribution in [3.8, 4) is 22.8 Å². The van der Waals surface area contributed by atoms with Crippen LogP contribution in [0.2, 0.25) is 0 Å². The molecule has 0 unspecified atom stereocenters. The highest BCUT2D eigenvalue weighted by atomic mass is 19.4. The molecule has 0 atom stereocenters. The Kier molecular flexibility index (Phi) is 6.16. The molecular formula is C27H25F4N7. The zero-order valence-electron chi connectivity index (χ0n) is 21.2. The predicted molar refractivity (Wildman–Crippen MR) is 135 cm³/mol. The third kappa shape index (κ3) is 4.48. The van der Waals surface area contributed by atoms with Gasteiger partial charge < -0.3 is 9.13 Å². The highest BCUT2D eigenvalue weighted by Crippen LogP contribution is 2.31. The van der Waals surface area contributed by atoms with Crippen molar-refractivity contribution in [2.45, 2.75) is 32.5 Å². The van der Waals surface area contributed by atoms with Gasteiger partial charge in [-0.2, -0.15) is 13.2 Å². The fraction of sp³-hybridized carbons (Fsp3) is 0.259. The van der Waals surface area contributed by atoms with Gasteiger partial charge in [0.25, 0.3) is 0 Å². The molecule has 1 N–H and O–H groups in total. The lowest BCUT2D eigenvalue weighted by Crippen LogP contribution is -2.23. The zero-order chi connectivity index (χ0) is 27.4. The lowest BCUT2D eigenvalue weighted by molar-refractivity contribution is -0.140. The number of hydrogen-bond acceptors (Lipinski definition) is 4. The van der Waals surface area contributed by atoms with Gasteiger partial charge in [-0.25, -0.2) is 19.3 Å². The summed E-state index contributed by atoms with van der Waals surface area (Å²) in [5.41, 5.74) is 3.28.